The number of carbonyl (C=O) groups excluding carboxylic acids is 1. The number of oxazole rings is 1. The first-order chi connectivity index (χ1) is 12.5. The maximum absolute atomic E-state index is 12.5. The van der Waals surface area contributed by atoms with E-state index in [1.54, 1.807) is 13.1 Å². The number of amides is 1. The molecule has 0 saturated heterocycles. The molecule has 1 aliphatic rings. The summed E-state index contributed by atoms with van der Waals surface area (Å²) in [5.41, 5.74) is 2.25. The average Bonchev–Trinajstić information content (AvgIpc) is 3.28. The number of aryl methyl sites for hydroxylation is 1. The molecule has 1 amide bonds. The van der Waals surface area contributed by atoms with Crippen molar-refractivity contribution in [3.05, 3.63) is 53.4 Å². The van der Waals surface area contributed by atoms with Crippen LogP contribution in [0.25, 0.3) is 10.9 Å². The summed E-state index contributed by atoms with van der Waals surface area (Å²) in [4.78, 5) is 31.6. The van der Waals surface area contributed by atoms with E-state index in [4.69, 9.17) is 4.42 Å². The Hall–Kier alpha value is -3.09. The molecule has 26 heavy (non-hydrogen) atoms. The first-order valence-electron chi connectivity index (χ1n) is 8.59. The number of nitrogens with zero attached hydrogens (tertiary/aromatic N) is 1. The van der Waals surface area contributed by atoms with Gasteiger partial charge in [-0.25, -0.2) is 9.78 Å². The van der Waals surface area contributed by atoms with Crippen LogP contribution in [0.4, 0.5) is 0 Å². The van der Waals surface area contributed by atoms with Crippen LogP contribution in [-0.4, -0.2) is 33.0 Å². The maximum Gasteiger partial charge on any atom is 0.326 e. The Labute approximate surface area is 149 Å². The quantitative estimate of drug-likeness (QED) is 0.631. The van der Waals surface area contributed by atoms with E-state index in [0.717, 1.165) is 29.3 Å². The molecule has 1 aromatic carbocycles. The van der Waals surface area contributed by atoms with Crippen molar-refractivity contribution in [3.8, 4) is 0 Å². The fraction of sp³-hybridized carbons (Fsp3) is 0.316. The van der Waals surface area contributed by atoms with E-state index in [-0.39, 0.29) is 18.1 Å². The summed E-state index contributed by atoms with van der Waals surface area (Å²) >= 11 is 0. The van der Waals surface area contributed by atoms with E-state index in [1.165, 1.54) is 0 Å². The van der Waals surface area contributed by atoms with Crippen LogP contribution < -0.4 is 5.32 Å². The molecule has 1 saturated carbocycles. The molecule has 3 aromatic rings. The van der Waals surface area contributed by atoms with Crippen molar-refractivity contribution in [1.82, 2.24) is 15.3 Å². The normalized spacial score (nSPS) is 15.1. The van der Waals surface area contributed by atoms with Gasteiger partial charge in [0.05, 0.1) is 5.69 Å². The molecule has 4 rings (SSSR count). The fourth-order valence-corrected chi connectivity index (χ4v) is 3.08. The van der Waals surface area contributed by atoms with Gasteiger partial charge in [0.1, 0.15) is 6.04 Å². The van der Waals surface area contributed by atoms with Crippen molar-refractivity contribution in [2.75, 3.05) is 0 Å². The van der Waals surface area contributed by atoms with Gasteiger partial charge in [0.25, 0.3) is 5.91 Å². The highest BCUT2D eigenvalue weighted by molar-refractivity contribution is 5.95. The lowest BCUT2D eigenvalue weighted by Crippen LogP contribution is -2.42. The minimum Gasteiger partial charge on any atom is -0.480 e. The van der Waals surface area contributed by atoms with Gasteiger partial charge in [-0.05, 0) is 31.4 Å². The van der Waals surface area contributed by atoms with E-state index in [2.05, 4.69) is 15.3 Å². The second-order valence-corrected chi connectivity index (χ2v) is 6.67. The number of aromatic nitrogens is 2. The summed E-state index contributed by atoms with van der Waals surface area (Å²) in [5, 5.41) is 13.0. The van der Waals surface area contributed by atoms with Crippen molar-refractivity contribution in [2.45, 2.75) is 38.1 Å². The lowest BCUT2D eigenvalue weighted by Gasteiger charge is -2.13. The van der Waals surface area contributed by atoms with E-state index in [9.17, 15) is 14.7 Å². The topological polar surface area (TPSA) is 108 Å². The summed E-state index contributed by atoms with van der Waals surface area (Å²) in [5.74, 6) is -0.692. The number of benzene rings is 1. The predicted molar refractivity (Wildman–Crippen MR) is 94.1 cm³/mol. The lowest BCUT2D eigenvalue weighted by molar-refractivity contribution is -0.139. The Morgan fingerprint density at radius 3 is 2.88 bits per heavy atom. The van der Waals surface area contributed by atoms with Crippen LogP contribution in [0.3, 0.4) is 0 Å². The summed E-state index contributed by atoms with van der Waals surface area (Å²) in [7, 11) is 0. The molecule has 1 atom stereocenters. The number of para-hydroxylation sites is 1. The van der Waals surface area contributed by atoms with E-state index < -0.39 is 17.9 Å². The molecule has 7 heteroatoms. The van der Waals surface area contributed by atoms with Crippen LogP contribution in [0, 0.1) is 6.92 Å². The monoisotopic (exact) mass is 353 g/mol. The molecule has 1 fully saturated rings. The van der Waals surface area contributed by atoms with Gasteiger partial charge < -0.3 is 19.8 Å². The highest BCUT2D eigenvalue weighted by Crippen LogP contribution is 2.40. The second-order valence-electron chi connectivity index (χ2n) is 6.67. The SMILES string of the molecule is Cc1nc(C2CC2)oc1C(=O)NC(Cc1c[nH]c2ccccc12)C(=O)O. The van der Waals surface area contributed by atoms with E-state index in [0.29, 0.717) is 11.6 Å². The fourth-order valence-electron chi connectivity index (χ4n) is 3.08. The Morgan fingerprint density at radius 1 is 1.38 bits per heavy atom. The largest absolute Gasteiger partial charge is 0.480 e. The number of carbonyl (C=O) groups is 2. The maximum atomic E-state index is 12.5. The molecule has 0 bridgehead atoms. The van der Waals surface area contributed by atoms with Gasteiger partial charge in [-0.15, -0.1) is 0 Å². The van der Waals surface area contributed by atoms with Crippen LogP contribution in [-0.2, 0) is 11.2 Å². The second kappa shape index (κ2) is 6.33. The third kappa shape index (κ3) is 3.08. The smallest absolute Gasteiger partial charge is 0.326 e. The van der Waals surface area contributed by atoms with Crippen LogP contribution in [0.5, 0.6) is 0 Å². The van der Waals surface area contributed by atoms with Crippen LogP contribution in [0.2, 0.25) is 0 Å². The van der Waals surface area contributed by atoms with Gasteiger partial charge in [0, 0.05) is 29.4 Å². The molecule has 1 unspecified atom stereocenters. The number of carboxylic acids is 1. The standard InChI is InChI=1S/C19H19N3O4/c1-10-16(26-18(21-10)11-6-7-11)17(23)22-15(19(24)25)8-12-9-20-14-5-3-2-4-13(12)14/h2-5,9,11,15,20H,6-8H2,1H3,(H,22,23)(H,24,25). The summed E-state index contributed by atoms with van der Waals surface area (Å²) in [6.07, 6.45) is 3.98. The lowest BCUT2D eigenvalue weighted by atomic mass is 10.0. The summed E-state index contributed by atoms with van der Waals surface area (Å²) < 4.78 is 5.56. The summed E-state index contributed by atoms with van der Waals surface area (Å²) in [6, 6.07) is 6.58. The first kappa shape index (κ1) is 16.4. The van der Waals surface area contributed by atoms with Crippen molar-refractivity contribution in [3.63, 3.8) is 0 Å². The van der Waals surface area contributed by atoms with Gasteiger partial charge in [0.15, 0.2) is 5.89 Å². The third-order valence-electron chi connectivity index (χ3n) is 4.65. The highest BCUT2D eigenvalue weighted by Gasteiger charge is 2.32. The van der Waals surface area contributed by atoms with Gasteiger partial charge in [-0.1, -0.05) is 18.2 Å². The van der Waals surface area contributed by atoms with Crippen LogP contribution in [0.1, 0.15) is 46.5 Å². The van der Waals surface area contributed by atoms with Gasteiger partial charge in [-0.2, -0.15) is 0 Å². The molecule has 1 aliphatic carbocycles. The number of fused-ring (bicyclic) bond motifs is 1. The Kier molecular flexibility index (Phi) is 3.99. The average molecular weight is 353 g/mol. The van der Waals surface area contributed by atoms with E-state index >= 15 is 0 Å². The van der Waals surface area contributed by atoms with Crippen molar-refractivity contribution < 1.29 is 19.1 Å². The number of nitrogens with one attached hydrogen (secondary N) is 2. The van der Waals surface area contributed by atoms with Gasteiger partial charge >= 0.3 is 5.97 Å². The zero-order valence-electron chi connectivity index (χ0n) is 14.3. The van der Waals surface area contributed by atoms with E-state index in [1.807, 2.05) is 24.3 Å². The van der Waals surface area contributed by atoms with Crippen LogP contribution >= 0.6 is 0 Å². The zero-order valence-corrected chi connectivity index (χ0v) is 14.3. The number of aromatic amines is 1. The predicted octanol–water partition coefficient (Wildman–Crippen LogP) is 2.77. The molecule has 0 spiro atoms. The zero-order chi connectivity index (χ0) is 18.3. The molecule has 0 radical (unpaired) electrons. The minimum absolute atomic E-state index is 0.0945. The van der Waals surface area contributed by atoms with Crippen molar-refractivity contribution in [2.24, 2.45) is 0 Å². The first-order valence-corrected chi connectivity index (χ1v) is 8.59. The Bertz CT molecular complexity index is 984. The Balaban J connectivity index is 1.53. The van der Waals surface area contributed by atoms with Crippen LogP contribution in [0.15, 0.2) is 34.9 Å². The molecular weight excluding hydrogens is 334 g/mol. The number of hydrogen-bond acceptors (Lipinski definition) is 4. The molecule has 134 valence electrons. The van der Waals surface area contributed by atoms with Crippen molar-refractivity contribution in [1.29, 1.82) is 0 Å². The van der Waals surface area contributed by atoms with Gasteiger partial charge in [-0.3, -0.25) is 4.79 Å². The molecule has 7 nitrogen and oxygen atoms in total. The molecule has 2 aromatic heterocycles. The summed E-state index contributed by atoms with van der Waals surface area (Å²) in [6.45, 7) is 1.69. The number of H-pyrrole nitrogens is 1. The molecular formula is C19H19N3O4. The number of aliphatic carboxylic acids is 1. The van der Waals surface area contributed by atoms with Gasteiger partial charge in [0.2, 0.25) is 5.76 Å². The molecule has 0 aliphatic heterocycles. The molecule has 2 heterocycles. The minimum atomic E-state index is -1.09. The number of rotatable bonds is 6. The molecule has 3 N–H and O–H groups in total. The highest BCUT2D eigenvalue weighted by atomic mass is 16.4. The number of carboxylic acid groups (broad SMARTS) is 1. The number of hydrogen-bond donors (Lipinski definition) is 3. The van der Waals surface area contributed by atoms with Crippen molar-refractivity contribution >= 4 is 22.8 Å². The third-order valence-corrected chi connectivity index (χ3v) is 4.65. The Morgan fingerprint density at radius 2 is 2.15 bits per heavy atom.